The van der Waals surface area contributed by atoms with Crippen LogP contribution in [-0.2, 0) is 26.2 Å². The second-order valence-electron chi connectivity index (χ2n) is 12.7. The van der Waals surface area contributed by atoms with E-state index < -0.39 is 29.3 Å². The van der Waals surface area contributed by atoms with Crippen molar-refractivity contribution >= 4 is 23.6 Å². The Labute approximate surface area is 258 Å². The number of likely N-dealkylation sites (N-methyl/N-ethyl adjacent to an activating group) is 1. The van der Waals surface area contributed by atoms with E-state index in [1.54, 1.807) is 20.2 Å². The van der Waals surface area contributed by atoms with Crippen LogP contribution in [0.15, 0.2) is 24.0 Å². The summed E-state index contributed by atoms with van der Waals surface area (Å²) in [7, 11) is 5.26. The Kier molecular flexibility index (Phi) is 8.95. The highest BCUT2D eigenvalue weighted by Gasteiger charge is 2.72. The van der Waals surface area contributed by atoms with Gasteiger partial charge in [-0.25, -0.2) is 4.79 Å². The van der Waals surface area contributed by atoms with Gasteiger partial charge >= 0.3 is 6.09 Å². The number of unbranched alkanes of at least 4 members (excludes halogenated alkanes) is 1. The molecular weight excluding hydrogens is 566 g/mol. The number of Topliss-reactive ketones (excluding diaryl/α,β-unsaturated/α-hetero) is 1. The average molecular weight is 612 g/mol. The van der Waals surface area contributed by atoms with Crippen molar-refractivity contribution in [3.05, 3.63) is 35.1 Å². The maximum Gasteiger partial charge on any atom is 0.414 e. The van der Waals surface area contributed by atoms with Crippen LogP contribution in [0, 0.1) is 5.41 Å². The minimum Gasteiger partial charge on any atom is -0.493 e. The van der Waals surface area contributed by atoms with Gasteiger partial charge in [-0.1, -0.05) is 12.5 Å². The first kappa shape index (κ1) is 31.8. The van der Waals surface area contributed by atoms with E-state index in [4.69, 9.17) is 25.4 Å². The number of nitrogens with one attached hydrogen (secondary N) is 2. The van der Waals surface area contributed by atoms with Crippen molar-refractivity contribution in [2.24, 2.45) is 5.73 Å². The molecule has 2 bridgehead atoms. The predicted octanol–water partition coefficient (Wildman–Crippen LogP) is 2.39. The van der Waals surface area contributed by atoms with Gasteiger partial charge in [0.15, 0.2) is 23.4 Å². The second kappa shape index (κ2) is 12.4. The number of carbonyl (C=O) groups is 3. The SMILES string of the molecule is COc1ccc2c3c1O[C@H]1C(OC(=O)N(C)CCCC(=O)[C@H](CCCCC(=N)N)NC(C)=O)=CC[C@@]4(O)[C@@H](C2)N(C)CC[C@]314. The number of amidine groups is 1. The molecule has 12 nitrogen and oxygen atoms in total. The number of nitrogens with two attached hydrogens (primary N) is 1. The molecule has 1 spiro atoms. The minimum atomic E-state index is -1.09. The third kappa shape index (κ3) is 5.42. The van der Waals surface area contributed by atoms with Crippen molar-refractivity contribution in [1.29, 1.82) is 5.41 Å². The number of likely N-dealkylation sites (tertiary alicyclic amines) is 1. The number of benzene rings is 1. The lowest BCUT2D eigenvalue weighted by Crippen LogP contribution is -2.74. The first-order valence-electron chi connectivity index (χ1n) is 15.5. The van der Waals surface area contributed by atoms with Crippen LogP contribution in [0.4, 0.5) is 4.79 Å². The van der Waals surface area contributed by atoms with Crippen LogP contribution < -0.4 is 20.5 Å². The zero-order chi connectivity index (χ0) is 31.8. The minimum absolute atomic E-state index is 0.0987. The fourth-order valence-corrected chi connectivity index (χ4v) is 7.75. The van der Waals surface area contributed by atoms with Gasteiger partial charge < -0.3 is 40.2 Å². The maximum absolute atomic E-state index is 13.3. The third-order valence-electron chi connectivity index (χ3n) is 9.95. The number of ketones is 1. The smallest absolute Gasteiger partial charge is 0.414 e. The molecule has 0 saturated carbocycles. The molecule has 0 aromatic heterocycles. The number of amides is 2. The molecule has 2 amide bonds. The summed E-state index contributed by atoms with van der Waals surface area (Å²) in [6, 6.07) is 3.24. The fourth-order valence-electron chi connectivity index (χ4n) is 7.75. The van der Waals surface area contributed by atoms with Crippen molar-refractivity contribution in [3.63, 3.8) is 0 Å². The molecule has 5 rings (SSSR count). The number of carbonyl (C=O) groups excluding carboxylic acids is 3. The molecule has 1 fully saturated rings. The maximum atomic E-state index is 13.3. The molecule has 2 aliphatic carbocycles. The summed E-state index contributed by atoms with van der Waals surface area (Å²) in [6.07, 6.45) is 5.05. The normalized spacial score (nSPS) is 26.9. The molecule has 4 aliphatic rings. The van der Waals surface area contributed by atoms with E-state index in [0.717, 1.165) is 17.7 Å². The molecule has 12 heteroatoms. The Morgan fingerprint density at radius 3 is 2.75 bits per heavy atom. The Hall–Kier alpha value is -3.64. The average Bonchev–Trinajstić information content (AvgIpc) is 3.33. The van der Waals surface area contributed by atoms with Gasteiger partial charge in [0.2, 0.25) is 5.91 Å². The molecule has 1 saturated heterocycles. The molecule has 44 heavy (non-hydrogen) atoms. The molecule has 5 atom stereocenters. The van der Waals surface area contributed by atoms with Gasteiger partial charge in [0, 0.05) is 51.4 Å². The number of aliphatic hydroxyl groups is 1. The lowest BCUT2D eigenvalue weighted by atomic mass is 9.50. The Morgan fingerprint density at radius 1 is 1.27 bits per heavy atom. The number of hydrogen-bond acceptors (Lipinski definition) is 9. The highest BCUT2D eigenvalue weighted by molar-refractivity contribution is 5.88. The summed E-state index contributed by atoms with van der Waals surface area (Å²) in [5, 5.41) is 22.4. The van der Waals surface area contributed by atoms with Crippen molar-refractivity contribution in [3.8, 4) is 11.5 Å². The van der Waals surface area contributed by atoms with E-state index in [0.29, 0.717) is 68.6 Å². The zero-order valence-corrected chi connectivity index (χ0v) is 26.1. The molecule has 5 N–H and O–H groups in total. The van der Waals surface area contributed by atoms with Gasteiger partial charge in [0.25, 0.3) is 0 Å². The zero-order valence-electron chi connectivity index (χ0n) is 26.1. The number of rotatable bonds is 13. The number of hydrogen-bond donors (Lipinski definition) is 4. The van der Waals surface area contributed by atoms with Crippen molar-refractivity contribution in [1.82, 2.24) is 15.1 Å². The van der Waals surface area contributed by atoms with Crippen molar-refractivity contribution in [2.75, 3.05) is 34.3 Å². The molecule has 1 aromatic rings. The van der Waals surface area contributed by atoms with Gasteiger partial charge in [-0.15, -0.1) is 0 Å². The predicted molar refractivity (Wildman–Crippen MR) is 163 cm³/mol. The van der Waals surface area contributed by atoms with Gasteiger partial charge in [0.05, 0.1) is 30.0 Å². The van der Waals surface area contributed by atoms with Crippen LogP contribution in [0.2, 0.25) is 0 Å². The summed E-state index contributed by atoms with van der Waals surface area (Å²) in [5.74, 6) is 1.31. The van der Waals surface area contributed by atoms with E-state index in [1.807, 2.05) is 13.1 Å². The van der Waals surface area contributed by atoms with Crippen LogP contribution in [-0.4, -0.2) is 96.6 Å². The number of methoxy groups -OCH3 is 1. The van der Waals surface area contributed by atoms with Gasteiger partial charge in [0.1, 0.15) is 5.76 Å². The Bertz CT molecular complexity index is 1360. The molecule has 2 heterocycles. The van der Waals surface area contributed by atoms with Gasteiger partial charge in [-0.3, -0.25) is 15.0 Å². The molecule has 1 aromatic carbocycles. The monoisotopic (exact) mass is 611 g/mol. The van der Waals surface area contributed by atoms with E-state index in [9.17, 15) is 19.5 Å². The molecule has 0 unspecified atom stereocenters. The Balaban J connectivity index is 1.24. The summed E-state index contributed by atoms with van der Waals surface area (Å²) in [6.45, 7) is 2.43. The highest BCUT2D eigenvalue weighted by atomic mass is 16.6. The quantitative estimate of drug-likeness (QED) is 0.149. The first-order chi connectivity index (χ1) is 20.9. The summed E-state index contributed by atoms with van der Waals surface area (Å²) in [4.78, 5) is 41.5. The standard InChI is InChI=1S/C32H45N5O7/c1-19(38)35-21(8-5-6-10-26(33)34)22(39)9-7-16-37(3)30(40)43-24-13-14-32(41)25-18-20-11-12-23(42-4)28-27(20)31(32,29(24)44-28)15-17-36(25)2/h11-13,21,25,29,41H,5-10,14-18H2,1-4H3,(H3,33,34)(H,35,38)/t21-,25+,29-,31-,32+/m0/s1. The van der Waals surface area contributed by atoms with Gasteiger partial charge in [-0.05, 0) is 63.4 Å². The van der Waals surface area contributed by atoms with E-state index in [1.165, 1.54) is 11.8 Å². The Morgan fingerprint density at radius 2 is 2.05 bits per heavy atom. The summed E-state index contributed by atoms with van der Waals surface area (Å²) < 4.78 is 18.2. The van der Waals surface area contributed by atoms with Crippen LogP contribution >= 0.6 is 0 Å². The summed E-state index contributed by atoms with van der Waals surface area (Å²) >= 11 is 0. The fraction of sp³-hybridized carbons (Fsp3) is 0.625. The molecule has 0 radical (unpaired) electrons. The molecular formula is C32H45N5O7. The van der Waals surface area contributed by atoms with E-state index in [2.05, 4.69) is 16.3 Å². The largest absolute Gasteiger partial charge is 0.493 e. The number of nitrogens with zero attached hydrogens (tertiary/aromatic N) is 2. The third-order valence-corrected chi connectivity index (χ3v) is 9.95. The number of ether oxygens (including phenoxy) is 3. The topological polar surface area (TPSA) is 168 Å². The lowest BCUT2D eigenvalue weighted by Gasteiger charge is -2.61. The highest BCUT2D eigenvalue weighted by Crippen LogP contribution is 2.65. The first-order valence-corrected chi connectivity index (χ1v) is 15.5. The summed E-state index contributed by atoms with van der Waals surface area (Å²) in [5.41, 5.74) is 5.64. The number of piperidine rings is 1. The van der Waals surface area contributed by atoms with Crippen molar-refractivity contribution in [2.45, 2.75) is 93.9 Å². The molecule has 240 valence electrons. The second-order valence-corrected chi connectivity index (χ2v) is 12.7. The molecule has 2 aliphatic heterocycles. The van der Waals surface area contributed by atoms with E-state index in [-0.39, 0.29) is 36.5 Å². The van der Waals surface area contributed by atoms with Crippen LogP contribution in [0.1, 0.15) is 69.4 Å². The van der Waals surface area contributed by atoms with Gasteiger partial charge in [-0.2, -0.15) is 0 Å². The van der Waals surface area contributed by atoms with Crippen molar-refractivity contribution < 1.29 is 33.7 Å². The van der Waals surface area contributed by atoms with Crippen LogP contribution in [0.5, 0.6) is 11.5 Å². The van der Waals surface area contributed by atoms with Crippen LogP contribution in [0.3, 0.4) is 0 Å². The van der Waals surface area contributed by atoms with E-state index >= 15 is 0 Å². The van der Waals surface area contributed by atoms with Crippen LogP contribution in [0.25, 0.3) is 0 Å². The lowest BCUT2D eigenvalue weighted by molar-refractivity contribution is -0.163.